The minimum atomic E-state index is 0. The number of nitrogens with one attached hydrogen (secondary N) is 1. The Labute approximate surface area is 160 Å². The number of fused-ring (bicyclic) bond motifs is 1. The SMILES string of the molecule is CN=C(NCc1cccc(OC)c1)N1CCc2ccccc2C1.I. The van der Waals surface area contributed by atoms with Crippen LogP contribution in [0.1, 0.15) is 16.7 Å². The van der Waals surface area contributed by atoms with Crippen LogP contribution in [0.15, 0.2) is 53.5 Å². The molecule has 5 heteroatoms. The fraction of sp³-hybridized carbons (Fsp3) is 0.316. The summed E-state index contributed by atoms with van der Waals surface area (Å²) in [5.74, 6) is 1.83. The number of hydrogen-bond donors (Lipinski definition) is 1. The van der Waals surface area contributed by atoms with Crippen LogP contribution in [-0.2, 0) is 19.5 Å². The molecule has 0 saturated heterocycles. The first-order chi connectivity index (χ1) is 11.3. The minimum absolute atomic E-state index is 0. The Morgan fingerprint density at radius 3 is 2.71 bits per heavy atom. The maximum Gasteiger partial charge on any atom is 0.194 e. The van der Waals surface area contributed by atoms with Gasteiger partial charge in [0.2, 0.25) is 0 Å². The van der Waals surface area contributed by atoms with E-state index in [1.807, 2.05) is 25.2 Å². The maximum absolute atomic E-state index is 5.27. The summed E-state index contributed by atoms with van der Waals surface area (Å²) in [4.78, 5) is 6.75. The number of benzene rings is 2. The summed E-state index contributed by atoms with van der Waals surface area (Å²) in [6.07, 6.45) is 1.07. The van der Waals surface area contributed by atoms with Gasteiger partial charge in [-0.2, -0.15) is 0 Å². The number of ether oxygens (including phenoxy) is 1. The van der Waals surface area contributed by atoms with Gasteiger partial charge in [0.1, 0.15) is 5.75 Å². The molecule has 1 N–H and O–H groups in total. The third kappa shape index (κ3) is 4.41. The van der Waals surface area contributed by atoms with Gasteiger partial charge in [0.05, 0.1) is 7.11 Å². The van der Waals surface area contributed by atoms with Crippen LogP contribution in [0.25, 0.3) is 0 Å². The highest BCUT2D eigenvalue weighted by atomic mass is 127. The topological polar surface area (TPSA) is 36.9 Å². The zero-order valence-corrected chi connectivity index (χ0v) is 16.5. The van der Waals surface area contributed by atoms with E-state index in [-0.39, 0.29) is 24.0 Å². The zero-order chi connectivity index (χ0) is 16.1. The fourth-order valence-electron chi connectivity index (χ4n) is 2.97. The van der Waals surface area contributed by atoms with Crippen molar-refractivity contribution in [1.82, 2.24) is 10.2 Å². The molecule has 1 aliphatic heterocycles. The molecule has 128 valence electrons. The van der Waals surface area contributed by atoms with Crippen molar-refractivity contribution in [2.24, 2.45) is 4.99 Å². The highest BCUT2D eigenvalue weighted by molar-refractivity contribution is 14.0. The minimum Gasteiger partial charge on any atom is -0.497 e. The van der Waals surface area contributed by atoms with Crippen LogP contribution in [0.3, 0.4) is 0 Å². The average molecular weight is 437 g/mol. The second kappa shape index (κ2) is 8.92. The molecule has 0 radical (unpaired) electrons. The molecule has 0 unspecified atom stereocenters. The lowest BCUT2D eigenvalue weighted by Crippen LogP contribution is -2.43. The van der Waals surface area contributed by atoms with Gasteiger partial charge in [-0.1, -0.05) is 36.4 Å². The lowest BCUT2D eigenvalue weighted by Gasteiger charge is -2.31. The van der Waals surface area contributed by atoms with E-state index in [1.54, 1.807) is 7.11 Å². The van der Waals surface area contributed by atoms with Crippen molar-refractivity contribution in [2.75, 3.05) is 20.7 Å². The number of hydrogen-bond acceptors (Lipinski definition) is 2. The quantitative estimate of drug-likeness (QED) is 0.454. The van der Waals surface area contributed by atoms with Crippen molar-refractivity contribution in [2.45, 2.75) is 19.5 Å². The molecular formula is C19H24IN3O. The molecule has 0 spiro atoms. The second-order valence-corrected chi connectivity index (χ2v) is 5.69. The first-order valence-corrected chi connectivity index (χ1v) is 7.95. The summed E-state index contributed by atoms with van der Waals surface area (Å²) in [7, 11) is 3.53. The Hall–Kier alpha value is -1.76. The summed E-state index contributed by atoms with van der Waals surface area (Å²) < 4.78 is 5.27. The van der Waals surface area contributed by atoms with Crippen molar-refractivity contribution in [1.29, 1.82) is 0 Å². The number of aliphatic imine (C=N–C) groups is 1. The lowest BCUT2D eigenvalue weighted by atomic mass is 10.0. The van der Waals surface area contributed by atoms with Crippen molar-refractivity contribution < 1.29 is 4.74 Å². The largest absolute Gasteiger partial charge is 0.497 e. The molecule has 0 amide bonds. The molecule has 1 heterocycles. The molecule has 0 atom stereocenters. The van der Waals surface area contributed by atoms with Gasteiger partial charge in [-0.25, -0.2) is 0 Å². The number of nitrogens with zero attached hydrogens (tertiary/aromatic N) is 2. The van der Waals surface area contributed by atoms with Gasteiger partial charge in [0, 0.05) is 26.7 Å². The van der Waals surface area contributed by atoms with E-state index in [1.165, 1.54) is 16.7 Å². The summed E-state index contributed by atoms with van der Waals surface area (Å²) in [6, 6.07) is 16.8. The van der Waals surface area contributed by atoms with E-state index in [0.29, 0.717) is 0 Å². The van der Waals surface area contributed by atoms with Crippen LogP contribution in [0.2, 0.25) is 0 Å². The van der Waals surface area contributed by atoms with Crippen LogP contribution in [0.4, 0.5) is 0 Å². The lowest BCUT2D eigenvalue weighted by molar-refractivity contribution is 0.378. The summed E-state index contributed by atoms with van der Waals surface area (Å²) in [5, 5.41) is 3.46. The molecule has 1 aliphatic rings. The molecular weight excluding hydrogens is 413 g/mol. The Morgan fingerprint density at radius 2 is 1.96 bits per heavy atom. The third-order valence-electron chi connectivity index (χ3n) is 4.23. The third-order valence-corrected chi connectivity index (χ3v) is 4.23. The maximum atomic E-state index is 5.27. The van der Waals surface area contributed by atoms with Crippen LogP contribution >= 0.6 is 24.0 Å². The highest BCUT2D eigenvalue weighted by Gasteiger charge is 2.18. The number of halogens is 1. The van der Waals surface area contributed by atoms with Crippen molar-refractivity contribution in [3.8, 4) is 5.75 Å². The Bertz CT molecular complexity index is 703. The molecule has 24 heavy (non-hydrogen) atoms. The van der Waals surface area contributed by atoms with Crippen molar-refractivity contribution >= 4 is 29.9 Å². The van der Waals surface area contributed by atoms with Crippen LogP contribution in [0, 0.1) is 0 Å². The van der Waals surface area contributed by atoms with Gasteiger partial charge in [0.15, 0.2) is 5.96 Å². The smallest absolute Gasteiger partial charge is 0.194 e. The van der Waals surface area contributed by atoms with Crippen molar-refractivity contribution in [3.63, 3.8) is 0 Å². The highest BCUT2D eigenvalue weighted by Crippen LogP contribution is 2.18. The molecule has 0 aromatic heterocycles. The van der Waals surface area contributed by atoms with Crippen LogP contribution < -0.4 is 10.1 Å². The summed E-state index contributed by atoms with van der Waals surface area (Å²) in [5.41, 5.74) is 4.03. The standard InChI is InChI=1S/C19H23N3O.HI/c1-20-19(21-13-15-6-5-9-18(12-15)23-2)22-11-10-16-7-3-4-8-17(16)14-22;/h3-9,12H,10-11,13-14H2,1-2H3,(H,20,21);1H. The second-order valence-electron chi connectivity index (χ2n) is 5.69. The molecule has 2 aromatic carbocycles. The Morgan fingerprint density at radius 1 is 1.17 bits per heavy atom. The molecule has 2 aromatic rings. The predicted molar refractivity (Wildman–Crippen MR) is 109 cm³/mol. The van der Waals surface area contributed by atoms with Gasteiger partial charge in [-0.3, -0.25) is 4.99 Å². The summed E-state index contributed by atoms with van der Waals surface area (Å²) in [6.45, 7) is 2.64. The monoisotopic (exact) mass is 437 g/mol. The molecule has 0 fully saturated rings. The molecule has 0 bridgehead atoms. The van der Waals surface area contributed by atoms with Crippen LogP contribution in [0.5, 0.6) is 5.75 Å². The van der Waals surface area contributed by atoms with Crippen molar-refractivity contribution in [3.05, 3.63) is 65.2 Å². The first-order valence-electron chi connectivity index (χ1n) is 7.95. The number of methoxy groups -OCH3 is 1. The van der Waals surface area contributed by atoms with Gasteiger partial charge < -0.3 is 15.0 Å². The molecule has 0 aliphatic carbocycles. The van der Waals surface area contributed by atoms with E-state index < -0.39 is 0 Å². The average Bonchev–Trinajstić information content (AvgIpc) is 2.62. The van der Waals surface area contributed by atoms with E-state index in [2.05, 4.69) is 45.5 Å². The normalized spacial score (nSPS) is 13.8. The fourth-order valence-corrected chi connectivity index (χ4v) is 2.97. The molecule has 0 saturated carbocycles. The van der Waals surface area contributed by atoms with Gasteiger partial charge in [-0.05, 0) is 35.2 Å². The van der Waals surface area contributed by atoms with E-state index in [0.717, 1.165) is 37.8 Å². The van der Waals surface area contributed by atoms with E-state index in [9.17, 15) is 0 Å². The van der Waals surface area contributed by atoms with Crippen LogP contribution in [-0.4, -0.2) is 31.6 Å². The van der Waals surface area contributed by atoms with Gasteiger partial charge in [0.25, 0.3) is 0 Å². The Kier molecular flexibility index (Phi) is 6.90. The van der Waals surface area contributed by atoms with Gasteiger partial charge >= 0.3 is 0 Å². The first kappa shape index (κ1) is 18.6. The van der Waals surface area contributed by atoms with E-state index >= 15 is 0 Å². The number of rotatable bonds is 3. The predicted octanol–water partition coefficient (Wildman–Crippen LogP) is 3.45. The zero-order valence-electron chi connectivity index (χ0n) is 14.2. The molecule has 4 nitrogen and oxygen atoms in total. The Balaban J connectivity index is 0.00000208. The summed E-state index contributed by atoms with van der Waals surface area (Å²) >= 11 is 0. The number of guanidine groups is 1. The molecule has 3 rings (SSSR count). The van der Waals surface area contributed by atoms with E-state index in [4.69, 9.17) is 4.74 Å². The van der Waals surface area contributed by atoms with Gasteiger partial charge in [-0.15, -0.1) is 24.0 Å².